The zero-order chi connectivity index (χ0) is 15.3. The molecule has 1 heterocycles. The molecule has 21 heavy (non-hydrogen) atoms. The van der Waals surface area contributed by atoms with Crippen molar-refractivity contribution in [3.05, 3.63) is 23.8 Å². The van der Waals surface area contributed by atoms with Crippen LogP contribution in [0.25, 0.3) is 0 Å². The molecule has 0 spiro atoms. The lowest BCUT2D eigenvalue weighted by molar-refractivity contribution is -0.140. The summed E-state index contributed by atoms with van der Waals surface area (Å²) in [6, 6.07) is 4.08. The average Bonchev–Trinajstić information content (AvgIpc) is 2.92. The molecule has 0 saturated carbocycles. The van der Waals surface area contributed by atoms with Crippen LogP contribution in [0.3, 0.4) is 0 Å². The Hall–Kier alpha value is -0.880. The predicted octanol–water partition coefficient (Wildman–Crippen LogP) is 5.11. The summed E-state index contributed by atoms with van der Waals surface area (Å²) in [7, 11) is 0. The molecule has 1 aliphatic heterocycles. The lowest BCUT2D eigenvalue weighted by Gasteiger charge is -2.19. The highest BCUT2D eigenvalue weighted by molar-refractivity contribution is 7.99. The summed E-state index contributed by atoms with van der Waals surface area (Å²) in [5.74, 6) is 0.920. The summed E-state index contributed by atoms with van der Waals surface area (Å²) < 4.78 is 50.4. The molecule has 0 N–H and O–H groups in total. The Kier molecular flexibility index (Phi) is 5.81. The van der Waals surface area contributed by atoms with E-state index < -0.39 is 18.0 Å². The van der Waals surface area contributed by atoms with Gasteiger partial charge >= 0.3 is 6.18 Å². The van der Waals surface area contributed by atoms with Gasteiger partial charge in [0.2, 0.25) is 0 Å². The molecule has 2 nitrogen and oxygen atoms in total. The molecule has 2 rings (SSSR count). The van der Waals surface area contributed by atoms with Crippen molar-refractivity contribution in [3.8, 4) is 5.75 Å². The highest BCUT2D eigenvalue weighted by Gasteiger charge is 2.35. The van der Waals surface area contributed by atoms with Crippen LogP contribution in [-0.2, 0) is 10.9 Å². The second kappa shape index (κ2) is 7.40. The number of thioether (sulfide) groups is 1. The number of rotatable bonds is 6. The second-order valence-electron chi connectivity index (χ2n) is 4.89. The van der Waals surface area contributed by atoms with Crippen molar-refractivity contribution < 1.29 is 22.6 Å². The second-order valence-corrected chi connectivity index (χ2v) is 6.00. The van der Waals surface area contributed by atoms with Gasteiger partial charge in [0.25, 0.3) is 0 Å². The van der Waals surface area contributed by atoms with E-state index in [1.165, 1.54) is 17.8 Å². The quantitative estimate of drug-likeness (QED) is 0.536. The van der Waals surface area contributed by atoms with Gasteiger partial charge in [-0.2, -0.15) is 13.2 Å². The Balaban J connectivity index is 2.24. The molecule has 0 aliphatic carbocycles. The molecule has 118 valence electrons. The van der Waals surface area contributed by atoms with E-state index in [-0.39, 0.29) is 10.6 Å². The fraction of sp³-hybridized carbons (Fsp3) is 0.600. The molecule has 0 amide bonds. The normalized spacial score (nSPS) is 19.0. The summed E-state index contributed by atoms with van der Waals surface area (Å²) in [4.78, 5) is 0.175. The SMILES string of the molecule is CCCCSc1c(OC2CCCO2)cccc1C(F)(F)F. The van der Waals surface area contributed by atoms with Crippen LogP contribution in [0.1, 0.15) is 38.2 Å². The molecular formula is C15H19F3O2S. The molecule has 1 aliphatic rings. The first kappa shape index (κ1) is 16.5. The first-order valence-electron chi connectivity index (χ1n) is 7.13. The first-order chi connectivity index (χ1) is 10.0. The minimum Gasteiger partial charge on any atom is -0.464 e. The molecule has 1 aromatic carbocycles. The Bertz CT molecular complexity index is 457. The number of alkyl halides is 3. The molecule has 1 atom stereocenters. The van der Waals surface area contributed by atoms with Gasteiger partial charge in [0.05, 0.1) is 17.1 Å². The number of halogens is 3. The highest BCUT2D eigenvalue weighted by atomic mass is 32.2. The van der Waals surface area contributed by atoms with E-state index in [1.807, 2.05) is 6.92 Å². The van der Waals surface area contributed by atoms with Crippen LogP contribution >= 0.6 is 11.8 Å². The Morgan fingerprint density at radius 3 is 2.81 bits per heavy atom. The van der Waals surface area contributed by atoms with E-state index in [4.69, 9.17) is 9.47 Å². The van der Waals surface area contributed by atoms with Crippen molar-refractivity contribution in [2.24, 2.45) is 0 Å². The Morgan fingerprint density at radius 1 is 1.38 bits per heavy atom. The summed E-state index contributed by atoms with van der Waals surface area (Å²) in [6.45, 7) is 2.61. The Labute approximate surface area is 127 Å². The van der Waals surface area contributed by atoms with Gasteiger partial charge in [-0.3, -0.25) is 0 Å². The standard InChI is InChI=1S/C15H19F3O2S/c1-2-3-10-21-14-11(15(16,17)18)6-4-7-12(14)20-13-8-5-9-19-13/h4,6-7,13H,2-3,5,8-10H2,1H3. The topological polar surface area (TPSA) is 18.5 Å². The van der Waals surface area contributed by atoms with Gasteiger partial charge < -0.3 is 9.47 Å². The zero-order valence-electron chi connectivity index (χ0n) is 11.9. The molecule has 1 saturated heterocycles. The fourth-order valence-electron chi connectivity index (χ4n) is 2.08. The minimum absolute atomic E-state index is 0.175. The van der Waals surface area contributed by atoms with Gasteiger partial charge in [0, 0.05) is 6.42 Å². The molecule has 1 unspecified atom stereocenters. The predicted molar refractivity (Wildman–Crippen MR) is 76.7 cm³/mol. The van der Waals surface area contributed by atoms with E-state index >= 15 is 0 Å². The van der Waals surface area contributed by atoms with Crippen molar-refractivity contribution in [2.75, 3.05) is 12.4 Å². The molecule has 0 aromatic heterocycles. The number of benzene rings is 1. The third kappa shape index (κ3) is 4.54. The average molecular weight is 320 g/mol. The first-order valence-corrected chi connectivity index (χ1v) is 8.12. The van der Waals surface area contributed by atoms with Crippen molar-refractivity contribution in [2.45, 2.75) is 50.0 Å². The molecule has 6 heteroatoms. The van der Waals surface area contributed by atoms with Gasteiger partial charge in [-0.1, -0.05) is 19.4 Å². The van der Waals surface area contributed by atoms with Gasteiger partial charge in [-0.05, 0) is 30.7 Å². The maximum absolute atomic E-state index is 13.2. The van der Waals surface area contributed by atoms with Crippen molar-refractivity contribution in [1.82, 2.24) is 0 Å². The van der Waals surface area contributed by atoms with Gasteiger partial charge in [-0.25, -0.2) is 0 Å². The molecule has 0 bridgehead atoms. The van der Waals surface area contributed by atoms with Crippen LogP contribution in [0.15, 0.2) is 23.1 Å². The van der Waals surface area contributed by atoms with Gasteiger partial charge in [-0.15, -0.1) is 11.8 Å². The molecule has 0 radical (unpaired) electrons. The number of ether oxygens (including phenoxy) is 2. The van der Waals surface area contributed by atoms with Crippen LogP contribution in [0.2, 0.25) is 0 Å². The third-order valence-corrected chi connectivity index (χ3v) is 4.38. The summed E-state index contributed by atoms with van der Waals surface area (Å²) in [5, 5.41) is 0. The van der Waals surface area contributed by atoms with E-state index in [0.29, 0.717) is 12.4 Å². The van der Waals surface area contributed by atoms with Crippen molar-refractivity contribution >= 4 is 11.8 Å². The van der Waals surface area contributed by atoms with Crippen molar-refractivity contribution in [1.29, 1.82) is 0 Å². The fourth-order valence-corrected chi connectivity index (χ4v) is 3.32. The van der Waals surface area contributed by atoms with E-state index in [0.717, 1.165) is 31.7 Å². The van der Waals surface area contributed by atoms with E-state index in [9.17, 15) is 13.2 Å². The van der Waals surface area contributed by atoms with Crippen LogP contribution in [0.4, 0.5) is 13.2 Å². The van der Waals surface area contributed by atoms with Crippen LogP contribution in [0, 0.1) is 0 Å². The maximum Gasteiger partial charge on any atom is 0.417 e. The number of hydrogen-bond acceptors (Lipinski definition) is 3. The summed E-state index contributed by atoms with van der Waals surface area (Å²) in [6.07, 6.45) is -1.39. The molecular weight excluding hydrogens is 301 g/mol. The largest absolute Gasteiger partial charge is 0.464 e. The summed E-state index contributed by atoms with van der Waals surface area (Å²) in [5.41, 5.74) is -0.626. The monoisotopic (exact) mass is 320 g/mol. The highest BCUT2D eigenvalue weighted by Crippen LogP contribution is 2.42. The summed E-state index contributed by atoms with van der Waals surface area (Å²) >= 11 is 1.21. The lowest BCUT2D eigenvalue weighted by atomic mass is 10.2. The number of hydrogen-bond donors (Lipinski definition) is 0. The van der Waals surface area contributed by atoms with Crippen LogP contribution in [-0.4, -0.2) is 18.6 Å². The maximum atomic E-state index is 13.2. The van der Waals surface area contributed by atoms with Gasteiger partial charge in [0.1, 0.15) is 5.75 Å². The molecule has 1 aromatic rings. The van der Waals surface area contributed by atoms with E-state index in [2.05, 4.69) is 0 Å². The zero-order valence-corrected chi connectivity index (χ0v) is 12.7. The third-order valence-electron chi connectivity index (χ3n) is 3.17. The van der Waals surface area contributed by atoms with Crippen molar-refractivity contribution in [3.63, 3.8) is 0 Å². The Morgan fingerprint density at radius 2 is 2.19 bits per heavy atom. The minimum atomic E-state index is -4.37. The van der Waals surface area contributed by atoms with Crippen LogP contribution < -0.4 is 4.74 Å². The molecule has 1 fully saturated rings. The van der Waals surface area contributed by atoms with E-state index in [1.54, 1.807) is 6.07 Å². The number of unbranched alkanes of at least 4 members (excludes halogenated alkanes) is 1. The van der Waals surface area contributed by atoms with Crippen LogP contribution in [0.5, 0.6) is 5.75 Å². The smallest absolute Gasteiger partial charge is 0.417 e. The van der Waals surface area contributed by atoms with Gasteiger partial charge in [0.15, 0.2) is 6.29 Å². The lowest BCUT2D eigenvalue weighted by Crippen LogP contribution is -2.16.